The summed E-state index contributed by atoms with van der Waals surface area (Å²) in [7, 11) is 5.57. The summed E-state index contributed by atoms with van der Waals surface area (Å²) in [6, 6.07) is 9.19. The van der Waals surface area contributed by atoms with Crippen LogP contribution in [0.5, 0.6) is 5.75 Å². The molecule has 27 heavy (non-hydrogen) atoms. The van der Waals surface area contributed by atoms with Gasteiger partial charge in [-0.25, -0.2) is 0 Å². The van der Waals surface area contributed by atoms with E-state index in [1.54, 1.807) is 13.2 Å². The van der Waals surface area contributed by atoms with Gasteiger partial charge in [0.05, 0.1) is 17.6 Å². The number of thiophene rings is 1. The molecule has 1 aromatic heterocycles. The average Bonchev–Trinajstić information content (AvgIpc) is 3.15. The molecule has 0 fully saturated rings. The molecule has 0 unspecified atom stereocenters. The van der Waals surface area contributed by atoms with E-state index < -0.39 is 0 Å². The van der Waals surface area contributed by atoms with Crippen LogP contribution < -0.4 is 15.4 Å². The summed E-state index contributed by atoms with van der Waals surface area (Å²) >= 11 is 1.42. The van der Waals surface area contributed by atoms with Crippen molar-refractivity contribution in [3.05, 3.63) is 40.8 Å². The van der Waals surface area contributed by atoms with Crippen LogP contribution in [-0.2, 0) is 0 Å². The number of hydrogen-bond donors (Lipinski definition) is 2. The van der Waals surface area contributed by atoms with Gasteiger partial charge in [0.25, 0.3) is 11.8 Å². The molecule has 0 atom stereocenters. The number of methoxy groups -OCH3 is 1. The fourth-order valence-electron chi connectivity index (χ4n) is 2.59. The van der Waals surface area contributed by atoms with Gasteiger partial charge >= 0.3 is 0 Å². The standard InChI is InChI=1S/C20H27N3O3S/c1-5-21-19(24)15-8-7-14(13-16(15)26-4)17-9-10-18(27-17)20(25)22-11-6-12-23(2)3/h7-10,13H,5-6,11-12H2,1-4H3,(H,21,24)(H,22,25). The van der Waals surface area contributed by atoms with E-state index in [-0.39, 0.29) is 11.8 Å². The molecule has 146 valence electrons. The minimum atomic E-state index is -0.162. The SMILES string of the molecule is CCNC(=O)c1ccc(-c2ccc(C(=O)NCCCN(C)C)s2)cc1OC. The van der Waals surface area contributed by atoms with Crippen molar-refractivity contribution in [2.45, 2.75) is 13.3 Å². The molecule has 0 aliphatic carbocycles. The van der Waals surface area contributed by atoms with Crippen LogP contribution in [0.1, 0.15) is 33.4 Å². The maximum atomic E-state index is 12.3. The van der Waals surface area contributed by atoms with Crippen molar-refractivity contribution in [1.82, 2.24) is 15.5 Å². The zero-order valence-electron chi connectivity index (χ0n) is 16.3. The number of carbonyl (C=O) groups is 2. The molecule has 0 saturated carbocycles. The highest BCUT2D eigenvalue weighted by molar-refractivity contribution is 7.17. The van der Waals surface area contributed by atoms with E-state index in [9.17, 15) is 9.59 Å². The quantitative estimate of drug-likeness (QED) is 0.647. The van der Waals surface area contributed by atoms with Gasteiger partial charge in [0, 0.05) is 18.0 Å². The molecule has 6 nitrogen and oxygen atoms in total. The summed E-state index contributed by atoms with van der Waals surface area (Å²) in [5.74, 6) is 0.294. The van der Waals surface area contributed by atoms with Crippen molar-refractivity contribution in [2.75, 3.05) is 40.8 Å². The molecule has 0 aliphatic heterocycles. The van der Waals surface area contributed by atoms with Crippen LogP contribution in [0.4, 0.5) is 0 Å². The molecular formula is C20H27N3O3S. The van der Waals surface area contributed by atoms with E-state index in [0.717, 1.165) is 23.4 Å². The molecular weight excluding hydrogens is 362 g/mol. The lowest BCUT2D eigenvalue weighted by molar-refractivity contribution is 0.0946. The topological polar surface area (TPSA) is 70.7 Å². The Labute approximate surface area is 164 Å². The summed E-state index contributed by atoms with van der Waals surface area (Å²) in [5, 5.41) is 5.72. The first-order valence-electron chi connectivity index (χ1n) is 8.95. The summed E-state index contributed by atoms with van der Waals surface area (Å²) in [5.41, 5.74) is 1.41. The van der Waals surface area contributed by atoms with E-state index >= 15 is 0 Å². The molecule has 1 heterocycles. The lowest BCUT2D eigenvalue weighted by atomic mass is 10.1. The van der Waals surface area contributed by atoms with Gasteiger partial charge in [0.15, 0.2) is 0 Å². The summed E-state index contributed by atoms with van der Waals surface area (Å²) in [6.45, 7) is 4.02. The highest BCUT2D eigenvalue weighted by atomic mass is 32.1. The lowest BCUT2D eigenvalue weighted by Gasteiger charge is -2.10. The van der Waals surface area contributed by atoms with Gasteiger partial charge in [-0.05, 0) is 63.8 Å². The lowest BCUT2D eigenvalue weighted by Crippen LogP contribution is -2.26. The van der Waals surface area contributed by atoms with Crippen molar-refractivity contribution < 1.29 is 14.3 Å². The van der Waals surface area contributed by atoms with Crippen molar-refractivity contribution in [1.29, 1.82) is 0 Å². The zero-order valence-corrected chi connectivity index (χ0v) is 17.1. The number of nitrogens with one attached hydrogen (secondary N) is 2. The highest BCUT2D eigenvalue weighted by Crippen LogP contribution is 2.32. The first kappa shape index (κ1) is 20.9. The Morgan fingerprint density at radius 1 is 1.11 bits per heavy atom. The smallest absolute Gasteiger partial charge is 0.261 e. The van der Waals surface area contributed by atoms with Crippen molar-refractivity contribution in [3.63, 3.8) is 0 Å². The van der Waals surface area contributed by atoms with Crippen LogP contribution in [0.25, 0.3) is 10.4 Å². The highest BCUT2D eigenvalue weighted by Gasteiger charge is 2.15. The Hall–Kier alpha value is -2.38. The number of carbonyl (C=O) groups excluding carboxylic acids is 2. The minimum absolute atomic E-state index is 0.0593. The van der Waals surface area contributed by atoms with E-state index in [1.165, 1.54) is 11.3 Å². The molecule has 2 amide bonds. The molecule has 0 spiro atoms. The fraction of sp³-hybridized carbons (Fsp3) is 0.400. The normalized spacial score (nSPS) is 10.7. The van der Waals surface area contributed by atoms with Gasteiger partial charge in [0.2, 0.25) is 0 Å². The number of benzene rings is 1. The largest absolute Gasteiger partial charge is 0.496 e. The predicted octanol–water partition coefficient (Wildman–Crippen LogP) is 2.85. The second kappa shape index (κ2) is 10.1. The molecule has 7 heteroatoms. The number of amides is 2. The molecule has 0 saturated heterocycles. The molecule has 2 N–H and O–H groups in total. The number of nitrogens with zero attached hydrogens (tertiary/aromatic N) is 1. The summed E-state index contributed by atoms with van der Waals surface area (Å²) in [4.78, 5) is 28.1. The predicted molar refractivity (Wildman–Crippen MR) is 110 cm³/mol. The number of hydrogen-bond acceptors (Lipinski definition) is 5. The zero-order chi connectivity index (χ0) is 19.8. The fourth-order valence-corrected chi connectivity index (χ4v) is 3.51. The Bertz CT molecular complexity index is 787. The number of ether oxygens (including phenoxy) is 1. The van der Waals surface area contributed by atoms with Gasteiger partial charge < -0.3 is 20.3 Å². The van der Waals surface area contributed by atoms with Crippen molar-refractivity contribution >= 4 is 23.2 Å². The van der Waals surface area contributed by atoms with Crippen molar-refractivity contribution in [2.24, 2.45) is 0 Å². The Morgan fingerprint density at radius 2 is 1.89 bits per heavy atom. The molecule has 2 aromatic rings. The Balaban J connectivity index is 2.09. The van der Waals surface area contributed by atoms with Gasteiger partial charge in [-0.15, -0.1) is 11.3 Å². The van der Waals surface area contributed by atoms with Gasteiger partial charge in [-0.1, -0.05) is 6.07 Å². The van der Waals surface area contributed by atoms with E-state index in [1.807, 2.05) is 45.3 Å². The van der Waals surface area contributed by atoms with Gasteiger partial charge in [0.1, 0.15) is 5.75 Å². The molecule has 0 bridgehead atoms. The molecule has 2 rings (SSSR count). The monoisotopic (exact) mass is 389 g/mol. The number of rotatable bonds is 9. The molecule has 0 radical (unpaired) electrons. The average molecular weight is 390 g/mol. The molecule has 0 aliphatic rings. The van der Waals surface area contributed by atoms with Crippen LogP contribution in [0.2, 0.25) is 0 Å². The first-order valence-corrected chi connectivity index (χ1v) is 9.77. The summed E-state index contributed by atoms with van der Waals surface area (Å²) in [6.07, 6.45) is 0.912. The van der Waals surface area contributed by atoms with Crippen LogP contribution in [0, 0.1) is 0 Å². The van der Waals surface area contributed by atoms with E-state index in [0.29, 0.717) is 29.3 Å². The third kappa shape index (κ3) is 5.80. The Kier molecular flexibility index (Phi) is 7.82. The van der Waals surface area contributed by atoms with Gasteiger partial charge in [-0.2, -0.15) is 0 Å². The third-order valence-electron chi connectivity index (χ3n) is 3.97. The van der Waals surface area contributed by atoms with Crippen LogP contribution in [0.3, 0.4) is 0 Å². The van der Waals surface area contributed by atoms with E-state index in [2.05, 4.69) is 15.5 Å². The second-order valence-corrected chi connectivity index (χ2v) is 7.43. The second-order valence-electron chi connectivity index (χ2n) is 6.35. The Morgan fingerprint density at radius 3 is 2.56 bits per heavy atom. The maximum absolute atomic E-state index is 12.3. The molecule has 1 aromatic carbocycles. The van der Waals surface area contributed by atoms with Crippen LogP contribution in [-0.4, -0.2) is 57.6 Å². The van der Waals surface area contributed by atoms with E-state index in [4.69, 9.17) is 4.74 Å². The first-order chi connectivity index (χ1) is 13.0. The summed E-state index contributed by atoms with van der Waals surface area (Å²) < 4.78 is 5.37. The van der Waals surface area contributed by atoms with Crippen LogP contribution in [0.15, 0.2) is 30.3 Å². The maximum Gasteiger partial charge on any atom is 0.261 e. The van der Waals surface area contributed by atoms with Crippen LogP contribution >= 0.6 is 11.3 Å². The van der Waals surface area contributed by atoms with Crippen molar-refractivity contribution in [3.8, 4) is 16.2 Å². The van der Waals surface area contributed by atoms with Gasteiger partial charge in [-0.3, -0.25) is 9.59 Å². The minimum Gasteiger partial charge on any atom is -0.496 e. The third-order valence-corrected chi connectivity index (χ3v) is 5.10.